The third-order valence-electron chi connectivity index (χ3n) is 3.80. The summed E-state index contributed by atoms with van der Waals surface area (Å²) in [4.78, 5) is 25.2. The van der Waals surface area contributed by atoms with E-state index in [0.29, 0.717) is 11.8 Å². The van der Waals surface area contributed by atoms with Crippen LogP contribution < -0.4 is 0 Å². The van der Waals surface area contributed by atoms with Gasteiger partial charge in [-0.15, -0.1) is 0 Å². The molecule has 2 aromatic carbocycles. The van der Waals surface area contributed by atoms with Crippen LogP contribution in [0.1, 0.15) is 16.7 Å². The molecule has 0 radical (unpaired) electrons. The number of hydrogen-bond donors (Lipinski definition) is 0. The normalized spacial score (nSPS) is 16.5. The molecule has 3 rings (SSSR count). The fourth-order valence-corrected chi connectivity index (χ4v) is 3.55. The molecular formula is C18H10ClF4NO2S. The van der Waals surface area contributed by atoms with Gasteiger partial charge in [0.05, 0.1) is 17.0 Å². The largest absolute Gasteiger partial charge is 0.416 e. The molecule has 0 aliphatic carbocycles. The second kappa shape index (κ2) is 7.36. The summed E-state index contributed by atoms with van der Waals surface area (Å²) in [6, 6.07) is 8.63. The van der Waals surface area contributed by atoms with E-state index in [1.165, 1.54) is 30.3 Å². The van der Waals surface area contributed by atoms with Gasteiger partial charge in [0.25, 0.3) is 11.1 Å². The maximum atomic E-state index is 13.9. The van der Waals surface area contributed by atoms with Crippen molar-refractivity contribution in [1.82, 2.24) is 4.90 Å². The van der Waals surface area contributed by atoms with E-state index in [9.17, 15) is 27.2 Å². The van der Waals surface area contributed by atoms with Crippen molar-refractivity contribution in [3.05, 3.63) is 74.9 Å². The molecule has 0 aromatic heterocycles. The van der Waals surface area contributed by atoms with Gasteiger partial charge in [-0.25, -0.2) is 4.39 Å². The molecule has 140 valence electrons. The summed E-state index contributed by atoms with van der Waals surface area (Å²) < 4.78 is 53.2. The Morgan fingerprint density at radius 3 is 2.44 bits per heavy atom. The standard InChI is InChI=1S/C18H10ClF4NO2S/c19-13-6-3-7-14(20)11(13)9-24-16(25)15(27-17(24)26)8-10-4-1-2-5-12(10)18(21,22)23/h1-8H,9H2/b15-8-. The SMILES string of the molecule is O=C1S/C(=C\c2ccccc2C(F)(F)F)C(=O)N1Cc1c(F)cccc1Cl. The molecule has 3 nitrogen and oxygen atoms in total. The molecule has 1 fully saturated rings. The number of carbonyl (C=O) groups excluding carboxylic acids is 2. The topological polar surface area (TPSA) is 37.4 Å². The van der Waals surface area contributed by atoms with Crippen molar-refractivity contribution in [2.24, 2.45) is 0 Å². The van der Waals surface area contributed by atoms with Crippen molar-refractivity contribution in [2.45, 2.75) is 12.7 Å². The lowest BCUT2D eigenvalue weighted by atomic mass is 10.1. The third kappa shape index (κ3) is 4.01. The smallest absolute Gasteiger partial charge is 0.268 e. The Hall–Kier alpha value is -2.32. The summed E-state index contributed by atoms with van der Waals surface area (Å²) in [6.45, 7) is -0.408. The highest BCUT2D eigenvalue weighted by molar-refractivity contribution is 8.18. The predicted octanol–water partition coefficient (Wildman–Crippen LogP) is 5.73. The fraction of sp³-hybridized carbons (Fsp3) is 0.111. The lowest BCUT2D eigenvalue weighted by Crippen LogP contribution is -2.28. The Kier molecular flexibility index (Phi) is 5.30. The van der Waals surface area contributed by atoms with Crippen LogP contribution in [0.3, 0.4) is 0 Å². The van der Waals surface area contributed by atoms with Crippen molar-refractivity contribution in [2.75, 3.05) is 0 Å². The summed E-state index contributed by atoms with van der Waals surface area (Å²) >= 11 is 6.40. The van der Waals surface area contributed by atoms with Gasteiger partial charge in [-0.05, 0) is 41.6 Å². The van der Waals surface area contributed by atoms with Crippen LogP contribution >= 0.6 is 23.4 Å². The quantitative estimate of drug-likeness (QED) is 0.474. The Labute approximate surface area is 160 Å². The molecule has 0 N–H and O–H groups in total. The van der Waals surface area contributed by atoms with E-state index in [-0.39, 0.29) is 21.1 Å². The van der Waals surface area contributed by atoms with Gasteiger partial charge in [-0.3, -0.25) is 14.5 Å². The number of hydrogen-bond acceptors (Lipinski definition) is 3. The van der Waals surface area contributed by atoms with Crippen molar-refractivity contribution in [1.29, 1.82) is 0 Å². The average Bonchev–Trinajstić information content (AvgIpc) is 2.85. The summed E-state index contributed by atoms with van der Waals surface area (Å²) in [5.74, 6) is -1.49. The molecule has 1 saturated heterocycles. The molecule has 0 spiro atoms. The minimum absolute atomic E-state index is 0.0421. The monoisotopic (exact) mass is 415 g/mol. The number of carbonyl (C=O) groups is 2. The Bertz CT molecular complexity index is 938. The first kappa shape index (κ1) is 19.4. The van der Waals surface area contributed by atoms with Crippen LogP contribution in [0.25, 0.3) is 6.08 Å². The molecular weight excluding hydrogens is 406 g/mol. The van der Waals surface area contributed by atoms with Crippen molar-refractivity contribution >= 4 is 40.6 Å². The molecule has 1 aliphatic rings. The number of benzene rings is 2. The number of alkyl halides is 3. The van der Waals surface area contributed by atoms with Crippen LogP contribution in [0, 0.1) is 5.82 Å². The summed E-state index contributed by atoms with van der Waals surface area (Å²) in [5.41, 5.74) is -1.20. The fourth-order valence-electron chi connectivity index (χ4n) is 2.50. The van der Waals surface area contributed by atoms with E-state index in [1.54, 1.807) is 0 Å². The molecule has 1 heterocycles. The van der Waals surface area contributed by atoms with E-state index < -0.39 is 35.2 Å². The van der Waals surface area contributed by atoms with Gasteiger partial charge < -0.3 is 0 Å². The molecule has 2 aromatic rings. The van der Waals surface area contributed by atoms with Crippen LogP contribution in [0.15, 0.2) is 47.4 Å². The Morgan fingerprint density at radius 2 is 1.78 bits per heavy atom. The molecule has 27 heavy (non-hydrogen) atoms. The summed E-state index contributed by atoms with van der Waals surface area (Å²) in [6.07, 6.45) is -3.60. The van der Waals surface area contributed by atoms with Crippen LogP contribution in [0.2, 0.25) is 5.02 Å². The molecule has 0 atom stereocenters. The van der Waals surface area contributed by atoms with Gasteiger partial charge >= 0.3 is 6.18 Å². The lowest BCUT2D eigenvalue weighted by molar-refractivity contribution is -0.137. The van der Waals surface area contributed by atoms with Gasteiger partial charge in [0, 0.05) is 10.6 Å². The van der Waals surface area contributed by atoms with Crippen LogP contribution in [0.4, 0.5) is 22.4 Å². The molecule has 0 bridgehead atoms. The molecule has 9 heteroatoms. The maximum absolute atomic E-state index is 13.9. The highest BCUT2D eigenvalue weighted by atomic mass is 35.5. The van der Waals surface area contributed by atoms with Gasteiger partial charge in [0.15, 0.2) is 0 Å². The number of amides is 2. The van der Waals surface area contributed by atoms with E-state index in [0.717, 1.165) is 23.1 Å². The average molecular weight is 416 g/mol. The zero-order chi connectivity index (χ0) is 19.8. The van der Waals surface area contributed by atoms with Crippen LogP contribution in [0.5, 0.6) is 0 Å². The summed E-state index contributed by atoms with van der Waals surface area (Å²) in [7, 11) is 0. The van der Waals surface area contributed by atoms with E-state index >= 15 is 0 Å². The number of halogens is 5. The lowest BCUT2D eigenvalue weighted by Gasteiger charge is -2.14. The molecule has 1 aliphatic heterocycles. The zero-order valence-corrected chi connectivity index (χ0v) is 15.0. The highest BCUT2D eigenvalue weighted by Crippen LogP contribution is 2.37. The van der Waals surface area contributed by atoms with Crippen molar-refractivity contribution in [3.63, 3.8) is 0 Å². The number of thioether (sulfide) groups is 1. The van der Waals surface area contributed by atoms with Gasteiger partial charge in [-0.1, -0.05) is 35.9 Å². The van der Waals surface area contributed by atoms with Gasteiger partial charge in [0.2, 0.25) is 0 Å². The highest BCUT2D eigenvalue weighted by Gasteiger charge is 2.37. The second-order valence-corrected chi connectivity index (χ2v) is 6.95. The van der Waals surface area contributed by atoms with E-state index in [4.69, 9.17) is 11.6 Å². The molecule has 2 amide bonds. The minimum Gasteiger partial charge on any atom is -0.268 e. The van der Waals surface area contributed by atoms with Crippen molar-refractivity contribution in [3.8, 4) is 0 Å². The first-order chi connectivity index (χ1) is 12.7. The molecule has 0 unspecified atom stereocenters. The zero-order valence-electron chi connectivity index (χ0n) is 13.4. The number of nitrogens with zero attached hydrogens (tertiary/aromatic N) is 1. The van der Waals surface area contributed by atoms with Gasteiger partial charge in [0.1, 0.15) is 5.82 Å². The minimum atomic E-state index is -4.61. The summed E-state index contributed by atoms with van der Waals surface area (Å²) in [5, 5.41) is -0.671. The van der Waals surface area contributed by atoms with E-state index in [1.807, 2.05) is 0 Å². The van der Waals surface area contributed by atoms with Crippen LogP contribution in [-0.4, -0.2) is 16.0 Å². The number of rotatable bonds is 3. The second-order valence-electron chi connectivity index (χ2n) is 5.55. The van der Waals surface area contributed by atoms with E-state index in [2.05, 4.69) is 0 Å². The third-order valence-corrected chi connectivity index (χ3v) is 5.07. The first-order valence-corrected chi connectivity index (χ1v) is 8.72. The number of imide groups is 1. The van der Waals surface area contributed by atoms with Gasteiger partial charge in [-0.2, -0.15) is 13.2 Å². The predicted molar refractivity (Wildman–Crippen MR) is 94.4 cm³/mol. The van der Waals surface area contributed by atoms with Crippen LogP contribution in [-0.2, 0) is 17.5 Å². The Morgan fingerprint density at radius 1 is 1.07 bits per heavy atom. The van der Waals surface area contributed by atoms with Crippen molar-refractivity contribution < 1.29 is 27.2 Å². The maximum Gasteiger partial charge on any atom is 0.416 e. The first-order valence-electron chi connectivity index (χ1n) is 7.53. The Balaban J connectivity index is 1.92. The molecule has 0 saturated carbocycles.